The molecule has 1 saturated carbocycles. The van der Waals surface area contributed by atoms with Gasteiger partial charge in [0.05, 0.1) is 18.6 Å². The fraction of sp³-hybridized carbons (Fsp3) is 0.400. The Kier molecular flexibility index (Phi) is 4.57. The molecule has 0 aliphatic heterocycles. The molecule has 112 valence electrons. The van der Waals surface area contributed by atoms with Crippen molar-refractivity contribution in [3.05, 3.63) is 29.8 Å². The third-order valence-electron chi connectivity index (χ3n) is 3.35. The summed E-state index contributed by atoms with van der Waals surface area (Å²) in [5.41, 5.74) is 0.910. The van der Waals surface area contributed by atoms with Crippen molar-refractivity contribution >= 4 is 23.5 Å². The van der Waals surface area contributed by atoms with Crippen LogP contribution in [-0.4, -0.2) is 31.6 Å². The van der Waals surface area contributed by atoms with Gasteiger partial charge in [0.2, 0.25) is 0 Å². The van der Waals surface area contributed by atoms with Gasteiger partial charge in [0.25, 0.3) is 5.91 Å². The Hall–Kier alpha value is -2.37. The van der Waals surface area contributed by atoms with Gasteiger partial charge < -0.3 is 14.8 Å². The quantitative estimate of drug-likeness (QED) is 0.833. The van der Waals surface area contributed by atoms with Crippen molar-refractivity contribution in [1.82, 2.24) is 0 Å². The van der Waals surface area contributed by atoms with Crippen molar-refractivity contribution in [1.29, 1.82) is 0 Å². The summed E-state index contributed by atoms with van der Waals surface area (Å²) in [7, 11) is 1.30. The summed E-state index contributed by atoms with van der Waals surface area (Å²) in [4.78, 5) is 34.4. The Morgan fingerprint density at radius 2 is 1.86 bits per heavy atom. The van der Waals surface area contributed by atoms with E-state index in [-0.39, 0.29) is 18.5 Å². The first-order valence-electron chi connectivity index (χ1n) is 6.66. The van der Waals surface area contributed by atoms with Gasteiger partial charge in [-0.3, -0.25) is 9.59 Å². The second-order valence-electron chi connectivity index (χ2n) is 5.04. The Morgan fingerprint density at radius 1 is 1.24 bits per heavy atom. The smallest absolute Gasteiger partial charge is 0.337 e. The zero-order chi connectivity index (χ0) is 15.4. The second-order valence-corrected chi connectivity index (χ2v) is 5.04. The summed E-state index contributed by atoms with van der Waals surface area (Å²) in [5.74, 6) is -0.884. The first-order chi connectivity index (χ1) is 10.0. The second kappa shape index (κ2) is 6.39. The van der Waals surface area contributed by atoms with E-state index in [4.69, 9.17) is 4.74 Å². The van der Waals surface area contributed by atoms with Crippen LogP contribution in [0.1, 0.15) is 23.7 Å². The average Bonchev–Trinajstić information content (AvgIpc) is 3.22. The number of nitrogens with one attached hydrogen (secondary N) is 1. The fourth-order valence-corrected chi connectivity index (χ4v) is 1.90. The van der Waals surface area contributed by atoms with Gasteiger partial charge in [0, 0.05) is 5.69 Å². The van der Waals surface area contributed by atoms with E-state index >= 15 is 0 Å². The van der Waals surface area contributed by atoms with E-state index < -0.39 is 11.9 Å². The molecule has 1 amide bonds. The topological polar surface area (TPSA) is 81.7 Å². The zero-order valence-corrected chi connectivity index (χ0v) is 11.9. The molecule has 0 bridgehead atoms. The van der Waals surface area contributed by atoms with Crippen LogP contribution in [-0.2, 0) is 19.1 Å². The number of methoxy groups -OCH3 is 1. The highest BCUT2D eigenvalue weighted by molar-refractivity contribution is 5.94. The van der Waals surface area contributed by atoms with Crippen molar-refractivity contribution in [2.75, 3.05) is 19.0 Å². The number of carbonyl (C=O) groups excluding carboxylic acids is 3. The molecule has 1 aliphatic carbocycles. The molecule has 2 atom stereocenters. The van der Waals surface area contributed by atoms with E-state index in [1.54, 1.807) is 24.3 Å². The minimum atomic E-state index is -0.444. The molecule has 0 spiro atoms. The van der Waals surface area contributed by atoms with Gasteiger partial charge in [-0.2, -0.15) is 0 Å². The van der Waals surface area contributed by atoms with Gasteiger partial charge >= 0.3 is 11.9 Å². The number of benzene rings is 1. The third-order valence-corrected chi connectivity index (χ3v) is 3.35. The monoisotopic (exact) mass is 291 g/mol. The molecule has 1 aromatic rings. The minimum absolute atomic E-state index is 0.0582. The molecule has 1 aliphatic rings. The molecule has 0 radical (unpaired) electrons. The summed E-state index contributed by atoms with van der Waals surface area (Å²) in [6, 6.07) is 6.24. The van der Waals surface area contributed by atoms with Crippen LogP contribution >= 0.6 is 0 Å². The van der Waals surface area contributed by atoms with Crippen LogP contribution in [0.25, 0.3) is 0 Å². The van der Waals surface area contributed by atoms with Gasteiger partial charge in [0.1, 0.15) is 0 Å². The van der Waals surface area contributed by atoms with Crippen molar-refractivity contribution in [2.24, 2.45) is 11.8 Å². The lowest BCUT2D eigenvalue weighted by Gasteiger charge is -2.07. The summed E-state index contributed by atoms with van der Waals surface area (Å²) in [5, 5.41) is 2.58. The highest BCUT2D eigenvalue weighted by Crippen LogP contribution is 2.38. The summed E-state index contributed by atoms with van der Waals surface area (Å²) >= 11 is 0. The number of hydrogen-bond acceptors (Lipinski definition) is 5. The molecule has 1 N–H and O–H groups in total. The van der Waals surface area contributed by atoms with Crippen LogP contribution in [0.4, 0.5) is 5.69 Å². The molecule has 2 rings (SSSR count). The summed E-state index contributed by atoms with van der Waals surface area (Å²) in [6.45, 7) is 1.66. The van der Waals surface area contributed by atoms with Crippen LogP contribution in [0.5, 0.6) is 0 Å². The molecular weight excluding hydrogens is 274 g/mol. The molecule has 6 heteroatoms. The standard InChI is InChI=1S/C15H17NO5/c1-9-7-12(9)15(19)21-8-13(17)16-11-5-3-10(4-6-11)14(18)20-2/h3-6,9,12H,7-8H2,1-2H3,(H,16,17)/t9-,12-/m1/s1. The van der Waals surface area contributed by atoms with Crippen LogP contribution in [0, 0.1) is 11.8 Å². The number of hydrogen-bond donors (Lipinski definition) is 1. The lowest BCUT2D eigenvalue weighted by Crippen LogP contribution is -2.21. The Bertz CT molecular complexity index is 552. The SMILES string of the molecule is COC(=O)c1ccc(NC(=O)COC(=O)[C@@H]2C[C@H]2C)cc1. The lowest BCUT2D eigenvalue weighted by molar-refractivity contribution is -0.148. The highest BCUT2D eigenvalue weighted by atomic mass is 16.5. The van der Waals surface area contributed by atoms with Gasteiger partial charge in [-0.05, 0) is 36.6 Å². The number of carbonyl (C=O) groups is 3. The molecule has 0 aromatic heterocycles. The van der Waals surface area contributed by atoms with Crippen molar-refractivity contribution in [2.45, 2.75) is 13.3 Å². The zero-order valence-electron chi connectivity index (χ0n) is 11.9. The normalized spacial score (nSPS) is 19.5. The van der Waals surface area contributed by atoms with Crippen molar-refractivity contribution < 1.29 is 23.9 Å². The van der Waals surface area contributed by atoms with Crippen molar-refractivity contribution in [3.8, 4) is 0 Å². The average molecular weight is 291 g/mol. The molecule has 1 aromatic carbocycles. The molecule has 6 nitrogen and oxygen atoms in total. The van der Waals surface area contributed by atoms with Gasteiger partial charge in [-0.15, -0.1) is 0 Å². The Labute approximate surface area is 122 Å². The van der Waals surface area contributed by atoms with Crippen LogP contribution in [0.3, 0.4) is 0 Å². The predicted octanol–water partition coefficient (Wildman–Crippen LogP) is 1.61. The predicted molar refractivity (Wildman–Crippen MR) is 74.6 cm³/mol. The number of esters is 2. The number of anilines is 1. The van der Waals surface area contributed by atoms with Crippen LogP contribution in [0.15, 0.2) is 24.3 Å². The molecule has 1 fully saturated rings. The summed E-state index contributed by atoms with van der Waals surface area (Å²) < 4.78 is 9.50. The van der Waals surface area contributed by atoms with E-state index in [0.29, 0.717) is 17.2 Å². The van der Waals surface area contributed by atoms with Crippen LogP contribution < -0.4 is 5.32 Å². The van der Waals surface area contributed by atoms with E-state index in [2.05, 4.69) is 10.1 Å². The summed E-state index contributed by atoms with van der Waals surface area (Å²) in [6.07, 6.45) is 0.829. The van der Waals surface area contributed by atoms with Gasteiger partial charge in [-0.1, -0.05) is 6.92 Å². The first-order valence-corrected chi connectivity index (χ1v) is 6.66. The maximum Gasteiger partial charge on any atom is 0.337 e. The van der Waals surface area contributed by atoms with E-state index in [0.717, 1.165) is 6.42 Å². The van der Waals surface area contributed by atoms with Gasteiger partial charge in [0.15, 0.2) is 6.61 Å². The van der Waals surface area contributed by atoms with Crippen LogP contribution in [0.2, 0.25) is 0 Å². The number of rotatable bonds is 5. The molecule has 0 saturated heterocycles. The number of amides is 1. The molecule has 0 unspecified atom stereocenters. The fourth-order valence-electron chi connectivity index (χ4n) is 1.90. The first kappa shape index (κ1) is 15.0. The maximum absolute atomic E-state index is 11.6. The van der Waals surface area contributed by atoms with E-state index in [1.807, 2.05) is 6.92 Å². The third kappa shape index (κ3) is 4.05. The maximum atomic E-state index is 11.6. The Morgan fingerprint density at radius 3 is 2.38 bits per heavy atom. The highest BCUT2D eigenvalue weighted by Gasteiger charge is 2.40. The minimum Gasteiger partial charge on any atom is -0.465 e. The Balaban J connectivity index is 1.79. The molecule has 0 heterocycles. The van der Waals surface area contributed by atoms with E-state index in [9.17, 15) is 14.4 Å². The van der Waals surface area contributed by atoms with E-state index in [1.165, 1.54) is 7.11 Å². The van der Waals surface area contributed by atoms with Crippen molar-refractivity contribution in [3.63, 3.8) is 0 Å². The molecule has 21 heavy (non-hydrogen) atoms. The molecular formula is C15H17NO5. The number of ether oxygens (including phenoxy) is 2. The lowest BCUT2D eigenvalue weighted by atomic mass is 10.2. The largest absolute Gasteiger partial charge is 0.465 e. The van der Waals surface area contributed by atoms with Gasteiger partial charge in [-0.25, -0.2) is 4.79 Å².